The lowest BCUT2D eigenvalue weighted by Gasteiger charge is -2.26. The molecule has 0 radical (unpaired) electrons. The molecule has 1 N–H and O–H groups in total. The molecule has 1 saturated heterocycles. The molecule has 25 heavy (non-hydrogen) atoms. The van der Waals surface area contributed by atoms with Crippen molar-refractivity contribution in [2.24, 2.45) is 0 Å². The minimum Gasteiger partial charge on any atom is -0.352 e. The zero-order chi connectivity index (χ0) is 17.3. The van der Waals surface area contributed by atoms with Crippen molar-refractivity contribution in [1.82, 2.24) is 10.2 Å². The van der Waals surface area contributed by atoms with E-state index in [1.807, 2.05) is 0 Å². The summed E-state index contributed by atoms with van der Waals surface area (Å²) >= 11 is 1.76. The second kappa shape index (κ2) is 9.73. The van der Waals surface area contributed by atoms with Gasteiger partial charge in [-0.25, -0.2) is 0 Å². The number of aryl methyl sites for hydroxylation is 1. The van der Waals surface area contributed by atoms with Crippen molar-refractivity contribution in [3.63, 3.8) is 0 Å². The van der Waals surface area contributed by atoms with Gasteiger partial charge in [-0.2, -0.15) is 0 Å². The van der Waals surface area contributed by atoms with Crippen LogP contribution in [-0.4, -0.2) is 23.9 Å². The van der Waals surface area contributed by atoms with Gasteiger partial charge in [-0.3, -0.25) is 9.69 Å². The van der Waals surface area contributed by atoms with Gasteiger partial charge in [-0.15, -0.1) is 11.3 Å². The van der Waals surface area contributed by atoms with Gasteiger partial charge in [-0.05, 0) is 61.3 Å². The molecule has 0 saturated carbocycles. The van der Waals surface area contributed by atoms with E-state index in [0.717, 1.165) is 19.4 Å². The summed E-state index contributed by atoms with van der Waals surface area (Å²) in [5.74, 6) is 0.147. The molecule has 0 unspecified atom stereocenters. The highest BCUT2D eigenvalue weighted by Crippen LogP contribution is 2.14. The van der Waals surface area contributed by atoms with Crippen molar-refractivity contribution in [2.45, 2.75) is 51.6 Å². The van der Waals surface area contributed by atoms with Gasteiger partial charge in [0.1, 0.15) is 0 Å². The first-order valence-corrected chi connectivity index (χ1v) is 10.3. The summed E-state index contributed by atoms with van der Waals surface area (Å²) in [5.41, 5.74) is 2.54. The fraction of sp³-hybridized carbons (Fsp3) is 0.476. The molecular weight excluding hydrogens is 328 g/mol. The molecule has 1 aromatic carbocycles. The Hall–Kier alpha value is -1.65. The van der Waals surface area contributed by atoms with Crippen LogP contribution in [0.3, 0.4) is 0 Å². The fourth-order valence-electron chi connectivity index (χ4n) is 3.31. The molecule has 2 aromatic rings. The summed E-state index contributed by atoms with van der Waals surface area (Å²) in [6, 6.07) is 12.9. The predicted molar refractivity (Wildman–Crippen MR) is 105 cm³/mol. The average Bonchev–Trinajstić information content (AvgIpc) is 3.15. The van der Waals surface area contributed by atoms with Crippen LogP contribution in [0.15, 0.2) is 41.8 Å². The molecule has 0 aliphatic carbocycles. The van der Waals surface area contributed by atoms with E-state index >= 15 is 0 Å². The Bertz CT molecular complexity index is 630. The number of amides is 1. The molecule has 134 valence electrons. The van der Waals surface area contributed by atoms with Gasteiger partial charge in [-0.1, -0.05) is 36.8 Å². The highest BCUT2D eigenvalue weighted by molar-refractivity contribution is 7.09. The number of likely N-dealkylation sites (tertiary alicyclic amines) is 1. The number of carbonyl (C=O) groups is 1. The first-order valence-electron chi connectivity index (χ1n) is 9.39. The van der Waals surface area contributed by atoms with E-state index in [0.29, 0.717) is 13.0 Å². The lowest BCUT2D eigenvalue weighted by Crippen LogP contribution is -2.29. The largest absolute Gasteiger partial charge is 0.352 e. The Morgan fingerprint density at radius 3 is 2.52 bits per heavy atom. The van der Waals surface area contributed by atoms with Crippen LogP contribution in [0.2, 0.25) is 0 Å². The van der Waals surface area contributed by atoms with Crippen molar-refractivity contribution in [2.75, 3.05) is 13.1 Å². The van der Waals surface area contributed by atoms with E-state index in [2.05, 4.69) is 52.0 Å². The normalized spacial score (nSPS) is 15.2. The van der Waals surface area contributed by atoms with E-state index < -0.39 is 0 Å². The SMILES string of the molecule is O=C(CCCc1cccs1)NCc1ccc(CN2CCCCC2)cc1. The van der Waals surface area contributed by atoms with E-state index in [9.17, 15) is 4.79 Å². The average molecular weight is 357 g/mol. The number of piperidine rings is 1. The summed E-state index contributed by atoms with van der Waals surface area (Å²) < 4.78 is 0. The number of hydrogen-bond acceptors (Lipinski definition) is 3. The predicted octanol–water partition coefficient (Wildman–Crippen LogP) is 4.37. The molecule has 1 aromatic heterocycles. The zero-order valence-corrected chi connectivity index (χ0v) is 15.7. The van der Waals surface area contributed by atoms with Crippen LogP contribution in [0.4, 0.5) is 0 Å². The Labute approximate surface area is 155 Å². The first-order chi connectivity index (χ1) is 12.3. The number of benzene rings is 1. The van der Waals surface area contributed by atoms with Crippen LogP contribution < -0.4 is 5.32 Å². The highest BCUT2D eigenvalue weighted by Gasteiger charge is 2.10. The topological polar surface area (TPSA) is 32.3 Å². The number of hydrogen-bond donors (Lipinski definition) is 1. The molecular formula is C21H28N2OS. The fourth-order valence-corrected chi connectivity index (χ4v) is 4.06. The summed E-state index contributed by atoms with van der Waals surface area (Å²) in [5, 5.41) is 5.12. The lowest BCUT2D eigenvalue weighted by atomic mass is 10.1. The Kier molecular flexibility index (Phi) is 7.07. The standard InChI is InChI=1S/C21H28N2OS/c24-21(8-4-6-20-7-5-15-25-20)22-16-18-9-11-19(12-10-18)17-23-13-2-1-3-14-23/h5,7,9-12,15H,1-4,6,8,13-14,16-17H2,(H,22,24). The molecule has 0 spiro atoms. The maximum atomic E-state index is 12.0. The highest BCUT2D eigenvalue weighted by atomic mass is 32.1. The maximum absolute atomic E-state index is 12.0. The first kappa shape index (κ1) is 18.2. The van der Waals surface area contributed by atoms with Crippen LogP contribution in [0.1, 0.15) is 48.1 Å². The summed E-state index contributed by atoms with van der Waals surface area (Å²) in [4.78, 5) is 15.9. The van der Waals surface area contributed by atoms with Gasteiger partial charge < -0.3 is 5.32 Å². The van der Waals surface area contributed by atoms with Crippen molar-refractivity contribution in [3.8, 4) is 0 Å². The van der Waals surface area contributed by atoms with E-state index in [1.54, 1.807) is 11.3 Å². The van der Waals surface area contributed by atoms with Crippen molar-refractivity contribution in [1.29, 1.82) is 0 Å². The van der Waals surface area contributed by atoms with Gasteiger partial charge in [0.05, 0.1) is 0 Å². The Morgan fingerprint density at radius 2 is 1.80 bits per heavy atom. The van der Waals surface area contributed by atoms with Crippen LogP contribution in [-0.2, 0) is 24.3 Å². The molecule has 3 nitrogen and oxygen atoms in total. The quantitative estimate of drug-likeness (QED) is 0.761. The number of carbonyl (C=O) groups excluding carboxylic acids is 1. The number of nitrogens with zero attached hydrogens (tertiary/aromatic N) is 1. The summed E-state index contributed by atoms with van der Waals surface area (Å²) in [6.45, 7) is 4.13. The Balaban J connectivity index is 1.35. The molecule has 0 atom stereocenters. The minimum atomic E-state index is 0.147. The van der Waals surface area contributed by atoms with Gasteiger partial charge in [0.2, 0.25) is 5.91 Å². The second-order valence-electron chi connectivity index (χ2n) is 6.86. The minimum absolute atomic E-state index is 0.147. The lowest BCUT2D eigenvalue weighted by molar-refractivity contribution is -0.121. The summed E-state index contributed by atoms with van der Waals surface area (Å²) in [6.07, 6.45) is 6.55. The second-order valence-corrected chi connectivity index (χ2v) is 7.90. The van der Waals surface area contributed by atoms with Crippen LogP contribution >= 0.6 is 11.3 Å². The van der Waals surface area contributed by atoms with E-state index in [4.69, 9.17) is 0 Å². The van der Waals surface area contributed by atoms with Gasteiger partial charge in [0.25, 0.3) is 0 Å². The molecule has 1 fully saturated rings. The molecule has 1 aliphatic rings. The molecule has 2 heterocycles. The molecule has 0 bridgehead atoms. The number of rotatable bonds is 8. The monoisotopic (exact) mass is 356 g/mol. The molecule has 1 aliphatic heterocycles. The molecule has 1 amide bonds. The third-order valence-corrected chi connectivity index (χ3v) is 5.71. The van der Waals surface area contributed by atoms with Gasteiger partial charge in [0.15, 0.2) is 0 Å². The third-order valence-electron chi connectivity index (χ3n) is 4.77. The third kappa shape index (κ3) is 6.29. The zero-order valence-electron chi connectivity index (χ0n) is 14.9. The van der Waals surface area contributed by atoms with Crippen molar-refractivity contribution >= 4 is 17.2 Å². The molecule has 3 rings (SSSR count). The molecule has 4 heteroatoms. The number of thiophene rings is 1. The Morgan fingerprint density at radius 1 is 1.04 bits per heavy atom. The van der Waals surface area contributed by atoms with E-state index in [1.165, 1.54) is 48.4 Å². The van der Waals surface area contributed by atoms with Gasteiger partial charge in [0, 0.05) is 24.4 Å². The van der Waals surface area contributed by atoms with Crippen molar-refractivity contribution < 1.29 is 4.79 Å². The van der Waals surface area contributed by atoms with Gasteiger partial charge >= 0.3 is 0 Å². The number of nitrogens with one attached hydrogen (secondary N) is 1. The maximum Gasteiger partial charge on any atom is 0.220 e. The van der Waals surface area contributed by atoms with Crippen LogP contribution in [0.25, 0.3) is 0 Å². The van der Waals surface area contributed by atoms with E-state index in [-0.39, 0.29) is 5.91 Å². The van der Waals surface area contributed by atoms with Crippen LogP contribution in [0.5, 0.6) is 0 Å². The summed E-state index contributed by atoms with van der Waals surface area (Å²) in [7, 11) is 0. The van der Waals surface area contributed by atoms with Crippen molar-refractivity contribution in [3.05, 3.63) is 57.8 Å². The van der Waals surface area contributed by atoms with Crippen LogP contribution in [0, 0.1) is 0 Å². The smallest absolute Gasteiger partial charge is 0.220 e.